The molecule has 2 aromatic carbocycles. The largest absolute Gasteiger partial charge is 0.391 e. The maximum Gasteiger partial charge on any atom is 0.106 e. The maximum atomic E-state index is 9.24. The lowest BCUT2D eigenvalue weighted by atomic mass is 10.1. The van der Waals surface area contributed by atoms with Gasteiger partial charge < -0.3 is 10.0 Å². The number of quaternary nitrogens is 1. The topological polar surface area (TPSA) is 24.7 Å². The van der Waals surface area contributed by atoms with Crippen LogP contribution in [-0.2, 0) is 13.1 Å². The van der Waals surface area contributed by atoms with Crippen LogP contribution in [0.1, 0.15) is 11.1 Å². The van der Waals surface area contributed by atoms with Gasteiger partial charge in [-0.2, -0.15) is 0 Å². The second kappa shape index (κ2) is 7.65. The molecule has 2 rings (SSSR count). The molecule has 2 aromatic rings. The molecule has 2 nitrogen and oxygen atoms in total. The van der Waals surface area contributed by atoms with Gasteiger partial charge in [0.1, 0.15) is 19.6 Å². The van der Waals surface area contributed by atoms with Crippen molar-refractivity contribution in [1.82, 2.24) is 0 Å². The van der Waals surface area contributed by atoms with Gasteiger partial charge in [-0.3, -0.25) is 0 Å². The zero-order valence-electron chi connectivity index (χ0n) is 11.2. The monoisotopic (exact) mass is 310 g/mol. The molecule has 0 spiro atoms. The summed E-state index contributed by atoms with van der Waals surface area (Å²) in [5.41, 5.74) is 2.18. The van der Waals surface area contributed by atoms with Crippen molar-refractivity contribution in [3.05, 3.63) is 69.7 Å². The molecule has 1 atom stereocenters. The fourth-order valence-corrected chi connectivity index (χ4v) is 2.76. The van der Waals surface area contributed by atoms with Gasteiger partial charge in [-0.25, -0.2) is 0 Å². The average Bonchev–Trinajstić information content (AvgIpc) is 2.44. The summed E-state index contributed by atoms with van der Waals surface area (Å²) >= 11 is 12.4. The van der Waals surface area contributed by atoms with Crippen LogP contribution >= 0.6 is 23.2 Å². The minimum Gasteiger partial charge on any atom is -0.391 e. The summed E-state index contributed by atoms with van der Waals surface area (Å²) in [6.07, 6.45) is 0. The highest BCUT2D eigenvalue weighted by Crippen LogP contribution is 2.23. The molecule has 0 aliphatic carbocycles. The summed E-state index contributed by atoms with van der Waals surface area (Å²) in [7, 11) is 0. The van der Waals surface area contributed by atoms with E-state index in [1.54, 1.807) is 0 Å². The van der Waals surface area contributed by atoms with Crippen molar-refractivity contribution in [3.63, 3.8) is 0 Å². The van der Waals surface area contributed by atoms with Crippen molar-refractivity contribution < 1.29 is 10.0 Å². The van der Waals surface area contributed by atoms with Gasteiger partial charge in [-0.05, 0) is 12.1 Å². The van der Waals surface area contributed by atoms with Crippen LogP contribution in [0.25, 0.3) is 0 Å². The molecule has 0 aromatic heterocycles. The summed E-state index contributed by atoms with van der Waals surface area (Å²) in [6.45, 7) is 2.34. The average molecular weight is 311 g/mol. The summed E-state index contributed by atoms with van der Waals surface area (Å²) in [4.78, 5) is 1.23. The Labute approximate surface area is 129 Å². The Morgan fingerprint density at radius 2 is 1.50 bits per heavy atom. The minimum atomic E-state index is 0.143. The number of halogens is 2. The third kappa shape index (κ3) is 4.22. The van der Waals surface area contributed by atoms with Gasteiger partial charge in [0.05, 0.1) is 16.7 Å². The van der Waals surface area contributed by atoms with E-state index >= 15 is 0 Å². The third-order valence-electron chi connectivity index (χ3n) is 3.25. The second-order valence-corrected chi connectivity index (χ2v) is 5.58. The van der Waals surface area contributed by atoms with Crippen LogP contribution in [-0.4, -0.2) is 18.3 Å². The third-order valence-corrected chi connectivity index (χ3v) is 3.96. The van der Waals surface area contributed by atoms with E-state index in [4.69, 9.17) is 23.2 Å². The molecule has 20 heavy (non-hydrogen) atoms. The fraction of sp³-hybridized carbons (Fsp3) is 0.250. The molecule has 1 unspecified atom stereocenters. The van der Waals surface area contributed by atoms with E-state index < -0.39 is 0 Å². The summed E-state index contributed by atoms with van der Waals surface area (Å²) in [5, 5.41) is 10.6. The van der Waals surface area contributed by atoms with E-state index in [1.165, 1.54) is 10.5 Å². The zero-order valence-corrected chi connectivity index (χ0v) is 12.7. The van der Waals surface area contributed by atoms with Gasteiger partial charge >= 0.3 is 0 Å². The number of aliphatic hydroxyl groups is 1. The molecular weight excluding hydrogens is 293 g/mol. The van der Waals surface area contributed by atoms with Crippen molar-refractivity contribution >= 4 is 23.2 Å². The van der Waals surface area contributed by atoms with Crippen LogP contribution in [0.4, 0.5) is 0 Å². The van der Waals surface area contributed by atoms with Gasteiger partial charge in [-0.15, -0.1) is 0 Å². The Morgan fingerprint density at radius 1 is 0.850 bits per heavy atom. The van der Waals surface area contributed by atoms with Crippen molar-refractivity contribution in [1.29, 1.82) is 0 Å². The Morgan fingerprint density at radius 3 is 2.10 bits per heavy atom. The van der Waals surface area contributed by atoms with Gasteiger partial charge in [0.25, 0.3) is 0 Å². The lowest BCUT2D eigenvalue weighted by Gasteiger charge is -2.20. The number of hydrogen-bond acceptors (Lipinski definition) is 1. The molecule has 0 radical (unpaired) electrons. The smallest absolute Gasteiger partial charge is 0.106 e. The van der Waals surface area contributed by atoms with Crippen molar-refractivity contribution in [2.24, 2.45) is 0 Å². The molecule has 0 aliphatic heterocycles. The summed E-state index contributed by atoms with van der Waals surface area (Å²) in [6, 6.07) is 15.8. The molecule has 0 bridgehead atoms. The van der Waals surface area contributed by atoms with E-state index in [0.29, 0.717) is 23.1 Å². The Kier molecular flexibility index (Phi) is 5.86. The predicted octanol–water partition coefficient (Wildman–Crippen LogP) is 2.57. The summed E-state index contributed by atoms with van der Waals surface area (Å²) < 4.78 is 0. The molecular formula is C16H18Cl2NO+. The normalized spacial score (nSPS) is 12.3. The van der Waals surface area contributed by atoms with Crippen molar-refractivity contribution in [3.8, 4) is 0 Å². The van der Waals surface area contributed by atoms with Gasteiger partial charge in [0, 0.05) is 11.1 Å². The molecule has 0 amide bonds. The highest BCUT2D eigenvalue weighted by molar-refractivity contribution is 6.35. The molecule has 0 aliphatic rings. The lowest BCUT2D eigenvalue weighted by Crippen LogP contribution is -3.09. The highest BCUT2D eigenvalue weighted by atomic mass is 35.5. The quantitative estimate of drug-likeness (QED) is 0.842. The number of aliphatic hydroxyl groups excluding tert-OH is 1. The van der Waals surface area contributed by atoms with Gasteiger partial charge in [-0.1, -0.05) is 59.6 Å². The van der Waals surface area contributed by atoms with Crippen LogP contribution in [0.3, 0.4) is 0 Å². The zero-order chi connectivity index (χ0) is 14.4. The number of rotatable bonds is 6. The molecule has 4 heteroatoms. The first-order valence-corrected chi connectivity index (χ1v) is 7.37. The van der Waals surface area contributed by atoms with E-state index in [2.05, 4.69) is 12.1 Å². The molecule has 2 N–H and O–H groups in total. The van der Waals surface area contributed by atoms with Crippen molar-refractivity contribution in [2.75, 3.05) is 13.2 Å². The van der Waals surface area contributed by atoms with Crippen molar-refractivity contribution in [2.45, 2.75) is 13.1 Å². The first kappa shape index (κ1) is 15.3. The van der Waals surface area contributed by atoms with E-state index in [1.807, 2.05) is 36.4 Å². The lowest BCUT2D eigenvalue weighted by molar-refractivity contribution is -0.927. The predicted molar refractivity (Wildman–Crippen MR) is 83.2 cm³/mol. The van der Waals surface area contributed by atoms with E-state index in [9.17, 15) is 5.11 Å². The van der Waals surface area contributed by atoms with E-state index in [-0.39, 0.29) is 6.61 Å². The first-order chi connectivity index (χ1) is 9.70. The van der Waals surface area contributed by atoms with E-state index in [0.717, 1.165) is 12.1 Å². The van der Waals surface area contributed by atoms with Crippen LogP contribution in [0.2, 0.25) is 10.0 Å². The molecule has 0 saturated heterocycles. The minimum absolute atomic E-state index is 0.143. The van der Waals surface area contributed by atoms with Crippen LogP contribution in [0, 0.1) is 0 Å². The summed E-state index contributed by atoms with van der Waals surface area (Å²) in [5.74, 6) is 0. The Bertz CT molecular complexity index is 525. The number of benzene rings is 2. The molecule has 0 heterocycles. The Hall–Kier alpha value is -1.06. The number of hydrogen-bond donors (Lipinski definition) is 2. The Balaban J connectivity index is 2.13. The fourth-order valence-electron chi connectivity index (χ4n) is 2.23. The van der Waals surface area contributed by atoms with Gasteiger partial charge in [0.2, 0.25) is 0 Å². The highest BCUT2D eigenvalue weighted by Gasteiger charge is 2.14. The van der Waals surface area contributed by atoms with Crippen LogP contribution < -0.4 is 4.90 Å². The molecule has 0 fully saturated rings. The SMILES string of the molecule is OCC[NH+](Cc1ccccc1)Cc1c(Cl)cccc1Cl. The molecule has 106 valence electrons. The standard InChI is InChI=1S/C16H17Cl2NO/c17-15-7-4-8-16(18)14(15)12-19(9-10-20)11-13-5-2-1-3-6-13/h1-8,20H,9-12H2/p+1. The van der Waals surface area contributed by atoms with Gasteiger partial charge in [0.15, 0.2) is 0 Å². The number of nitrogens with one attached hydrogen (secondary N) is 1. The second-order valence-electron chi connectivity index (χ2n) is 4.76. The molecule has 0 saturated carbocycles. The maximum absolute atomic E-state index is 9.24. The first-order valence-electron chi connectivity index (χ1n) is 6.62. The van der Waals surface area contributed by atoms with Crippen LogP contribution in [0.5, 0.6) is 0 Å². The van der Waals surface area contributed by atoms with Crippen LogP contribution in [0.15, 0.2) is 48.5 Å².